The summed E-state index contributed by atoms with van der Waals surface area (Å²) in [6, 6.07) is 15.8. The Morgan fingerprint density at radius 3 is 2.81 bits per heavy atom. The number of hydrogen-bond acceptors (Lipinski definition) is 7. The van der Waals surface area contributed by atoms with Gasteiger partial charge in [-0.15, -0.1) is 10.2 Å². The fraction of sp³-hybridized carbons (Fsp3) is 0.318. The number of anilines is 2. The van der Waals surface area contributed by atoms with Gasteiger partial charge in [0.15, 0.2) is 0 Å². The zero-order valence-electron chi connectivity index (χ0n) is 17.9. The molecule has 4 rings (SSSR count). The first-order valence-corrected chi connectivity index (χ1v) is 12.7. The van der Waals surface area contributed by atoms with Crippen LogP contribution in [0.5, 0.6) is 0 Å². The maximum absolute atomic E-state index is 12.6. The number of aromatic nitrogens is 2. The molecule has 1 aliphatic rings. The van der Waals surface area contributed by atoms with E-state index in [0.29, 0.717) is 18.0 Å². The van der Waals surface area contributed by atoms with Crippen LogP contribution in [0.1, 0.15) is 34.8 Å². The number of sulfonamides is 1. The predicted molar refractivity (Wildman–Crippen MR) is 126 cm³/mol. The molecule has 1 aliphatic heterocycles. The molecule has 3 aromatic rings. The third-order valence-electron chi connectivity index (χ3n) is 5.35. The Hall–Kier alpha value is -2.82. The topological polar surface area (TPSA) is 104 Å². The Bertz CT molecular complexity index is 1230. The summed E-state index contributed by atoms with van der Waals surface area (Å²) in [6.45, 7) is 5.12. The Labute approximate surface area is 191 Å². The third-order valence-corrected chi connectivity index (χ3v) is 8.02. The molecular weight excluding hydrogens is 446 g/mol. The second kappa shape index (κ2) is 9.35. The van der Waals surface area contributed by atoms with Crippen molar-refractivity contribution in [3.05, 3.63) is 65.2 Å². The van der Waals surface area contributed by atoms with Crippen LogP contribution >= 0.6 is 11.3 Å². The molecule has 1 unspecified atom stereocenters. The van der Waals surface area contributed by atoms with Crippen molar-refractivity contribution in [1.29, 1.82) is 0 Å². The fourth-order valence-corrected chi connectivity index (χ4v) is 5.82. The summed E-state index contributed by atoms with van der Waals surface area (Å²) in [5.74, 6) is -0.359. The monoisotopic (exact) mass is 471 g/mol. The number of rotatable bonds is 8. The van der Waals surface area contributed by atoms with Crippen molar-refractivity contribution in [3.63, 3.8) is 0 Å². The summed E-state index contributed by atoms with van der Waals surface area (Å²) in [7, 11) is -3.79. The van der Waals surface area contributed by atoms with Crippen LogP contribution in [0.15, 0.2) is 52.9 Å². The Morgan fingerprint density at radius 1 is 1.19 bits per heavy atom. The van der Waals surface area contributed by atoms with E-state index < -0.39 is 10.0 Å². The van der Waals surface area contributed by atoms with Crippen LogP contribution in [-0.2, 0) is 16.4 Å². The van der Waals surface area contributed by atoms with Gasteiger partial charge in [-0.25, -0.2) is 13.1 Å². The molecule has 0 bridgehead atoms. The van der Waals surface area contributed by atoms with Gasteiger partial charge in [-0.2, -0.15) is 0 Å². The number of nitrogens with zero attached hydrogens (tertiary/aromatic N) is 3. The summed E-state index contributed by atoms with van der Waals surface area (Å²) in [5.41, 5.74) is 3.98. The third kappa shape index (κ3) is 4.98. The largest absolute Gasteiger partial charge is 0.368 e. The number of carbonyl (C=O) groups excluding carboxylic acids is 1. The van der Waals surface area contributed by atoms with Gasteiger partial charge in [-0.1, -0.05) is 47.2 Å². The average molecular weight is 472 g/mol. The SMILES string of the molecule is Cc1cccc(C(=O)Nc2nnc(S(=O)(=O)NCCCN3c4ccccc4CC3C)s2)c1. The smallest absolute Gasteiger partial charge is 0.269 e. The summed E-state index contributed by atoms with van der Waals surface area (Å²) in [4.78, 5) is 14.6. The van der Waals surface area contributed by atoms with Crippen LogP contribution in [0, 0.1) is 6.92 Å². The average Bonchev–Trinajstić information content (AvgIpc) is 3.36. The summed E-state index contributed by atoms with van der Waals surface area (Å²) < 4.78 is 27.6. The molecule has 2 N–H and O–H groups in total. The van der Waals surface area contributed by atoms with Gasteiger partial charge in [0.1, 0.15) is 0 Å². The lowest BCUT2D eigenvalue weighted by Gasteiger charge is -2.24. The van der Waals surface area contributed by atoms with E-state index in [1.807, 2.05) is 25.1 Å². The number of benzene rings is 2. The maximum Gasteiger partial charge on any atom is 0.269 e. The minimum atomic E-state index is -3.79. The second-order valence-electron chi connectivity index (χ2n) is 7.82. The van der Waals surface area contributed by atoms with Crippen LogP contribution in [0.3, 0.4) is 0 Å². The summed E-state index contributed by atoms with van der Waals surface area (Å²) in [5, 5.41) is 10.3. The standard InChI is InChI=1S/C22H25N5O3S2/c1-15-7-5-9-18(13-15)20(28)24-21-25-26-22(31-21)32(29,30)23-11-6-12-27-16(2)14-17-8-3-4-10-19(17)27/h3-5,7-10,13,16,23H,6,11-12,14H2,1-2H3,(H,24,25,28). The second-order valence-corrected chi connectivity index (χ2v) is 10.7. The van der Waals surface area contributed by atoms with Gasteiger partial charge in [-0.05, 0) is 50.5 Å². The molecule has 1 aromatic heterocycles. The Morgan fingerprint density at radius 2 is 2.00 bits per heavy atom. The Kier molecular flexibility index (Phi) is 6.54. The van der Waals surface area contributed by atoms with E-state index >= 15 is 0 Å². The van der Waals surface area contributed by atoms with Crippen molar-refractivity contribution in [2.24, 2.45) is 0 Å². The van der Waals surface area contributed by atoms with E-state index in [2.05, 4.69) is 44.2 Å². The number of para-hydroxylation sites is 1. The lowest BCUT2D eigenvalue weighted by atomic mass is 10.1. The van der Waals surface area contributed by atoms with E-state index in [1.54, 1.807) is 18.2 Å². The number of carbonyl (C=O) groups is 1. The summed E-state index contributed by atoms with van der Waals surface area (Å²) in [6.07, 6.45) is 1.66. The van der Waals surface area contributed by atoms with Crippen LogP contribution in [-0.4, -0.2) is 43.7 Å². The molecular formula is C22H25N5O3S2. The molecule has 0 spiro atoms. The molecule has 0 fully saturated rings. The molecule has 1 amide bonds. The number of nitrogens with one attached hydrogen (secondary N) is 2. The number of aryl methyl sites for hydroxylation is 1. The molecule has 0 saturated heterocycles. The highest BCUT2D eigenvalue weighted by Gasteiger charge is 2.25. The lowest BCUT2D eigenvalue weighted by molar-refractivity contribution is 0.102. The number of hydrogen-bond donors (Lipinski definition) is 2. The van der Waals surface area contributed by atoms with E-state index in [-0.39, 0.29) is 21.9 Å². The van der Waals surface area contributed by atoms with Crippen molar-refractivity contribution in [2.45, 2.75) is 37.1 Å². The molecule has 168 valence electrons. The van der Waals surface area contributed by atoms with E-state index in [1.165, 1.54) is 11.3 Å². The molecule has 0 radical (unpaired) electrons. The van der Waals surface area contributed by atoms with E-state index in [4.69, 9.17) is 0 Å². The van der Waals surface area contributed by atoms with Gasteiger partial charge in [0.2, 0.25) is 9.47 Å². The molecule has 2 aromatic carbocycles. The number of fused-ring (bicyclic) bond motifs is 1. The lowest BCUT2D eigenvalue weighted by Crippen LogP contribution is -2.33. The first-order chi connectivity index (χ1) is 15.3. The molecule has 1 atom stereocenters. The van der Waals surface area contributed by atoms with Gasteiger partial charge in [0.05, 0.1) is 0 Å². The zero-order valence-corrected chi connectivity index (χ0v) is 19.5. The molecule has 2 heterocycles. The highest BCUT2D eigenvalue weighted by molar-refractivity contribution is 7.91. The van der Waals surface area contributed by atoms with Crippen molar-refractivity contribution in [3.8, 4) is 0 Å². The van der Waals surface area contributed by atoms with Gasteiger partial charge in [0, 0.05) is 30.4 Å². The van der Waals surface area contributed by atoms with Gasteiger partial charge >= 0.3 is 0 Å². The van der Waals surface area contributed by atoms with Crippen molar-refractivity contribution >= 4 is 38.1 Å². The fourth-order valence-electron chi connectivity index (χ4n) is 3.81. The van der Waals surface area contributed by atoms with Crippen molar-refractivity contribution in [1.82, 2.24) is 14.9 Å². The molecule has 10 heteroatoms. The van der Waals surface area contributed by atoms with Gasteiger partial charge < -0.3 is 4.90 Å². The van der Waals surface area contributed by atoms with E-state index in [0.717, 1.165) is 29.9 Å². The van der Waals surface area contributed by atoms with Crippen LogP contribution in [0.2, 0.25) is 0 Å². The van der Waals surface area contributed by atoms with Gasteiger partial charge in [0.25, 0.3) is 15.9 Å². The minimum Gasteiger partial charge on any atom is -0.368 e. The van der Waals surface area contributed by atoms with Crippen LogP contribution in [0.4, 0.5) is 10.8 Å². The highest BCUT2D eigenvalue weighted by Crippen LogP contribution is 2.31. The molecule has 0 aliphatic carbocycles. The first-order valence-electron chi connectivity index (χ1n) is 10.4. The Balaban J connectivity index is 1.31. The van der Waals surface area contributed by atoms with Crippen LogP contribution < -0.4 is 14.9 Å². The molecule has 8 nitrogen and oxygen atoms in total. The highest BCUT2D eigenvalue weighted by atomic mass is 32.2. The van der Waals surface area contributed by atoms with Crippen molar-refractivity contribution in [2.75, 3.05) is 23.3 Å². The van der Waals surface area contributed by atoms with Gasteiger partial charge in [-0.3, -0.25) is 10.1 Å². The minimum absolute atomic E-state index is 0.138. The summed E-state index contributed by atoms with van der Waals surface area (Å²) >= 11 is 0.826. The predicted octanol–water partition coefficient (Wildman–Crippen LogP) is 3.22. The maximum atomic E-state index is 12.6. The van der Waals surface area contributed by atoms with Crippen LogP contribution in [0.25, 0.3) is 0 Å². The quantitative estimate of drug-likeness (QED) is 0.386. The van der Waals surface area contributed by atoms with Crippen molar-refractivity contribution < 1.29 is 13.2 Å². The molecule has 0 saturated carbocycles. The normalized spacial score (nSPS) is 15.6. The molecule has 32 heavy (non-hydrogen) atoms. The number of amides is 1. The first kappa shape index (κ1) is 22.4. The van der Waals surface area contributed by atoms with E-state index in [9.17, 15) is 13.2 Å². The zero-order chi connectivity index (χ0) is 22.7.